The van der Waals surface area contributed by atoms with Gasteiger partial charge in [-0.05, 0) is 39.0 Å². The van der Waals surface area contributed by atoms with Crippen LogP contribution in [0.3, 0.4) is 0 Å². The second-order valence-corrected chi connectivity index (χ2v) is 6.07. The van der Waals surface area contributed by atoms with Crippen molar-refractivity contribution in [2.24, 2.45) is 0 Å². The third-order valence-electron chi connectivity index (χ3n) is 4.04. The van der Waals surface area contributed by atoms with Gasteiger partial charge in [0.1, 0.15) is 11.3 Å². The van der Waals surface area contributed by atoms with E-state index in [-0.39, 0.29) is 17.8 Å². The average molecular weight is 335 g/mol. The van der Waals surface area contributed by atoms with E-state index in [9.17, 15) is 4.79 Å². The first-order valence-electron chi connectivity index (χ1n) is 8.01. The average Bonchev–Trinajstić information content (AvgIpc) is 3.18. The molecular formula is C18H17N5O2. The van der Waals surface area contributed by atoms with E-state index in [2.05, 4.69) is 20.4 Å². The van der Waals surface area contributed by atoms with E-state index in [1.165, 1.54) is 0 Å². The third kappa shape index (κ3) is 2.73. The van der Waals surface area contributed by atoms with Crippen molar-refractivity contribution in [3.8, 4) is 0 Å². The molecule has 126 valence electrons. The Bertz CT molecular complexity index is 1060. The highest BCUT2D eigenvalue weighted by Crippen LogP contribution is 2.23. The number of rotatable bonds is 3. The van der Waals surface area contributed by atoms with Gasteiger partial charge in [0.2, 0.25) is 5.82 Å². The largest absolute Gasteiger partial charge is 0.459 e. The fraction of sp³-hybridized carbons (Fsp3) is 0.222. The molecule has 0 radical (unpaired) electrons. The van der Waals surface area contributed by atoms with E-state index >= 15 is 0 Å². The molecule has 25 heavy (non-hydrogen) atoms. The van der Waals surface area contributed by atoms with Crippen LogP contribution in [0.25, 0.3) is 16.7 Å². The molecule has 0 fully saturated rings. The van der Waals surface area contributed by atoms with Crippen molar-refractivity contribution >= 4 is 22.7 Å². The lowest BCUT2D eigenvalue weighted by atomic mass is 10.2. The Morgan fingerprint density at radius 1 is 1.20 bits per heavy atom. The zero-order valence-electron chi connectivity index (χ0n) is 14.1. The number of nitrogens with zero attached hydrogens (tertiary/aromatic N) is 4. The summed E-state index contributed by atoms with van der Waals surface area (Å²) in [5.41, 5.74) is 2.50. The summed E-state index contributed by atoms with van der Waals surface area (Å²) in [6.45, 7) is 5.64. The third-order valence-corrected chi connectivity index (χ3v) is 4.04. The van der Waals surface area contributed by atoms with Gasteiger partial charge in [-0.1, -0.05) is 18.2 Å². The summed E-state index contributed by atoms with van der Waals surface area (Å²) in [7, 11) is 0. The lowest BCUT2D eigenvalue weighted by Gasteiger charge is -2.09. The van der Waals surface area contributed by atoms with Gasteiger partial charge in [-0.3, -0.25) is 4.79 Å². The van der Waals surface area contributed by atoms with Crippen LogP contribution in [-0.4, -0.2) is 25.5 Å². The van der Waals surface area contributed by atoms with E-state index in [1.807, 2.05) is 57.2 Å². The Kier molecular flexibility index (Phi) is 3.49. The van der Waals surface area contributed by atoms with Crippen molar-refractivity contribution in [2.75, 3.05) is 0 Å². The molecule has 0 saturated heterocycles. The van der Waals surface area contributed by atoms with Crippen molar-refractivity contribution in [2.45, 2.75) is 26.8 Å². The number of furan rings is 1. The molecule has 1 unspecified atom stereocenters. The summed E-state index contributed by atoms with van der Waals surface area (Å²) in [5, 5.41) is 8.11. The SMILES string of the molecule is Cc1cc(C)n2nc(C(=O)NC(C)c3cc4ccccc4o3)nc2n1. The molecule has 1 N–H and O–H groups in total. The van der Waals surface area contributed by atoms with Crippen LogP contribution in [0.15, 0.2) is 40.8 Å². The van der Waals surface area contributed by atoms with Gasteiger partial charge in [0.25, 0.3) is 11.7 Å². The minimum atomic E-state index is -0.365. The molecule has 0 aliphatic rings. The number of hydrogen-bond acceptors (Lipinski definition) is 5. The normalized spacial score (nSPS) is 12.6. The van der Waals surface area contributed by atoms with Crippen molar-refractivity contribution in [3.63, 3.8) is 0 Å². The van der Waals surface area contributed by atoms with Gasteiger partial charge in [0, 0.05) is 16.8 Å². The number of nitrogens with one attached hydrogen (secondary N) is 1. The Labute approximate surface area is 143 Å². The van der Waals surface area contributed by atoms with E-state index < -0.39 is 0 Å². The lowest BCUT2D eigenvalue weighted by Crippen LogP contribution is -2.27. The molecule has 0 spiro atoms. The number of amides is 1. The van der Waals surface area contributed by atoms with Gasteiger partial charge in [-0.2, -0.15) is 4.98 Å². The summed E-state index contributed by atoms with van der Waals surface area (Å²) in [6, 6.07) is 11.2. The molecule has 0 bridgehead atoms. The quantitative estimate of drug-likeness (QED) is 0.622. The molecule has 7 nitrogen and oxygen atoms in total. The number of aryl methyl sites for hydroxylation is 2. The predicted molar refractivity (Wildman–Crippen MR) is 92.4 cm³/mol. The molecule has 4 aromatic rings. The summed E-state index contributed by atoms with van der Waals surface area (Å²) in [4.78, 5) is 21.0. The minimum Gasteiger partial charge on any atom is -0.459 e. The Balaban J connectivity index is 1.59. The number of benzene rings is 1. The first-order valence-corrected chi connectivity index (χ1v) is 8.01. The fourth-order valence-electron chi connectivity index (χ4n) is 2.81. The monoisotopic (exact) mass is 335 g/mol. The molecule has 1 atom stereocenters. The van der Waals surface area contributed by atoms with Crippen molar-refractivity contribution in [1.82, 2.24) is 24.9 Å². The molecule has 0 saturated carbocycles. The molecule has 4 rings (SSSR count). The van der Waals surface area contributed by atoms with Crippen LogP contribution >= 0.6 is 0 Å². The number of fused-ring (bicyclic) bond motifs is 2. The van der Waals surface area contributed by atoms with Crippen LogP contribution in [0.1, 0.15) is 40.7 Å². The van der Waals surface area contributed by atoms with E-state index in [4.69, 9.17) is 4.42 Å². The predicted octanol–water partition coefficient (Wildman–Crippen LogP) is 2.98. The summed E-state index contributed by atoms with van der Waals surface area (Å²) < 4.78 is 7.35. The summed E-state index contributed by atoms with van der Waals surface area (Å²) in [6.07, 6.45) is 0. The number of aromatic nitrogens is 4. The van der Waals surface area contributed by atoms with Gasteiger partial charge in [0.15, 0.2) is 0 Å². The highest BCUT2D eigenvalue weighted by Gasteiger charge is 2.19. The number of carbonyl (C=O) groups excluding carboxylic acids is 1. The van der Waals surface area contributed by atoms with E-state index in [0.717, 1.165) is 22.4 Å². The van der Waals surface area contributed by atoms with E-state index in [1.54, 1.807) is 4.52 Å². The highest BCUT2D eigenvalue weighted by molar-refractivity contribution is 5.91. The number of carbonyl (C=O) groups is 1. The van der Waals surface area contributed by atoms with Gasteiger partial charge in [-0.25, -0.2) is 9.50 Å². The minimum absolute atomic E-state index is 0.0872. The van der Waals surface area contributed by atoms with Crippen molar-refractivity contribution in [1.29, 1.82) is 0 Å². The van der Waals surface area contributed by atoms with Crippen LogP contribution < -0.4 is 5.32 Å². The first-order chi connectivity index (χ1) is 12.0. The Morgan fingerprint density at radius 3 is 2.80 bits per heavy atom. The number of para-hydroxylation sites is 1. The standard InChI is InChI=1S/C18H17N5O2/c1-10-8-11(2)23-18(19-10)21-16(22-23)17(24)20-12(3)15-9-13-6-4-5-7-14(13)25-15/h4-9,12H,1-3H3,(H,20,24). The van der Waals surface area contributed by atoms with Gasteiger partial charge in [-0.15, -0.1) is 5.10 Å². The molecule has 1 aromatic carbocycles. The van der Waals surface area contributed by atoms with Crippen molar-refractivity contribution < 1.29 is 9.21 Å². The van der Waals surface area contributed by atoms with Crippen LogP contribution in [0.2, 0.25) is 0 Å². The Hall–Kier alpha value is -3.22. The second-order valence-electron chi connectivity index (χ2n) is 6.07. The lowest BCUT2D eigenvalue weighted by molar-refractivity contribution is 0.0925. The smallest absolute Gasteiger partial charge is 0.291 e. The van der Waals surface area contributed by atoms with Gasteiger partial charge >= 0.3 is 0 Å². The molecule has 7 heteroatoms. The van der Waals surface area contributed by atoms with Crippen LogP contribution in [-0.2, 0) is 0 Å². The zero-order chi connectivity index (χ0) is 17.6. The molecular weight excluding hydrogens is 318 g/mol. The van der Waals surface area contributed by atoms with E-state index in [0.29, 0.717) is 11.5 Å². The molecule has 3 aromatic heterocycles. The molecule has 1 amide bonds. The Morgan fingerprint density at radius 2 is 2.00 bits per heavy atom. The maximum absolute atomic E-state index is 12.5. The second kappa shape index (κ2) is 5.70. The van der Waals surface area contributed by atoms with Crippen LogP contribution in [0.4, 0.5) is 0 Å². The first kappa shape index (κ1) is 15.3. The number of hydrogen-bond donors (Lipinski definition) is 1. The maximum Gasteiger partial charge on any atom is 0.291 e. The zero-order valence-corrected chi connectivity index (χ0v) is 14.1. The van der Waals surface area contributed by atoms with Crippen LogP contribution in [0, 0.1) is 13.8 Å². The van der Waals surface area contributed by atoms with Gasteiger partial charge in [0.05, 0.1) is 6.04 Å². The summed E-state index contributed by atoms with van der Waals surface area (Å²) >= 11 is 0. The van der Waals surface area contributed by atoms with Crippen molar-refractivity contribution in [3.05, 3.63) is 59.4 Å². The fourth-order valence-corrected chi connectivity index (χ4v) is 2.81. The van der Waals surface area contributed by atoms with Gasteiger partial charge < -0.3 is 9.73 Å². The summed E-state index contributed by atoms with van der Waals surface area (Å²) in [5.74, 6) is 0.821. The van der Waals surface area contributed by atoms with Crippen LogP contribution in [0.5, 0.6) is 0 Å². The molecule has 3 heterocycles. The molecule has 0 aliphatic heterocycles. The maximum atomic E-state index is 12.5. The highest BCUT2D eigenvalue weighted by atomic mass is 16.3. The molecule has 0 aliphatic carbocycles. The topological polar surface area (TPSA) is 85.3 Å².